The van der Waals surface area contributed by atoms with E-state index in [1.165, 1.54) is 39.7 Å². The number of ketones is 1. The molecule has 1 saturated carbocycles. The topological polar surface area (TPSA) is 17.1 Å². The van der Waals surface area contributed by atoms with E-state index in [2.05, 4.69) is 30.3 Å². The van der Waals surface area contributed by atoms with Crippen LogP contribution < -0.4 is 0 Å². The first kappa shape index (κ1) is 14.3. The zero-order chi connectivity index (χ0) is 13.8. The summed E-state index contributed by atoms with van der Waals surface area (Å²) in [5.74, 6) is 3.33. The maximum atomic E-state index is 11.9. The molecule has 3 rings (SSSR count). The molecule has 1 heterocycles. The van der Waals surface area contributed by atoms with Crippen molar-refractivity contribution in [2.24, 2.45) is 5.92 Å². The first-order valence-corrected chi connectivity index (χ1v) is 9.38. The van der Waals surface area contributed by atoms with Gasteiger partial charge in [-0.05, 0) is 47.8 Å². The predicted octanol–water partition coefficient (Wildman–Crippen LogP) is 4.98. The lowest BCUT2D eigenvalue weighted by atomic mass is 9.81. The summed E-state index contributed by atoms with van der Waals surface area (Å²) in [5, 5.41) is 0. The molecule has 106 valence electrons. The van der Waals surface area contributed by atoms with Crippen LogP contribution in [0.5, 0.6) is 0 Å². The molecule has 0 amide bonds. The molecule has 1 aromatic carbocycles. The summed E-state index contributed by atoms with van der Waals surface area (Å²) in [4.78, 5) is 11.9. The van der Waals surface area contributed by atoms with E-state index < -0.39 is 0 Å². The molecule has 2 aliphatic rings. The monoisotopic (exact) mass is 304 g/mol. The van der Waals surface area contributed by atoms with Gasteiger partial charge in [-0.15, -0.1) is 23.5 Å². The Hall–Kier alpha value is -0.670. The molecule has 0 radical (unpaired) electrons. The molecule has 1 unspecified atom stereocenters. The fraction of sp³-hybridized carbons (Fsp3) is 0.471. The second-order valence-corrected chi connectivity index (χ2v) is 7.92. The quantitative estimate of drug-likeness (QED) is 0.766. The van der Waals surface area contributed by atoms with Crippen LogP contribution in [0.4, 0.5) is 0 Å². The zero-order valence-electron chi connectivity index (χ0n) is 11.6. The highest BCUT2D eigenvalue weighted by Gasteiger charge is 2.27. The van der Waals surface area contributed by atoms with Crippen LogP contribution >= 0.6 is 23.5 Å². The van der Waals surface area contributed by atoms with Gasteiger partial charge in [-0.3, -0.25) is 4.79 Å². The summed E-state index contributed by atoms with van der Waals surface area (Å²) in [6, 6.07) is 10.7. The van der Waals surface area contributed by atoms with Gasteiger partial charge in [-0.25, -0.2) is 0 Å². The first-order valence-electron chi connectivity index (χ1n) is 7.41. The molecule has 0 bridgehead atoms. The Morgan fingerprint density at radius 2 is 1.80 bits per heavy atom. The number of thioether (sulfide) groups is 2. The number of rotatable bonds is 2. The van der Waals surface area contributed by atoms with Gasteiger partial charge in [-0.2, -0.15) is 0 Å². The minimum Gasteiger partial charge on any atom is -0.300 e. The van der Waals surface area contributed by atoms with Crippen LogP contribution in [0.15, 0.2) is 34.6 Å². The van der Waals surface area contributed by atoms with E-state index in [-0.39, 0.29) is 0 Å². The van der Waals surface area contributed by atoms with Crippen molar-refractivity contribution in [3.63, 3.8) is 0 Å². The van der Waals surface area contributed by atoms with Gasteiger partial charge in [0.15, 0.2) is 0 Å². The minimum absolute atomic E-state index is 0.437. The highest BCUT2D eigenvalue weighted by Crippen LogP contribution is 2.46. The fourth-order valence-corrected chi connectivity index (χ4v) is 5.84. The van der Waals surface area contributed by atoms with E-state index in [0.717, 1.165) is 19.3 Å². The number of hydrogen-bond acceptors (Lipinski definition) is 3. The summed E-state index contributed by atoms with van der Waals surface area (Å²) in [6.45, 7) is 0. The summed E-state index contributed by atoms with van der Waals surface area (Å²) in [7, 11) is 0. The van der Waals surface area contributed by atoms with Crippen LogP contribution in [-0.2, 0) is 4.79 Å². The smallest absolute Gasteiger partial charge is 0.133 e. The van der Waals surface area contributed by atoms with Crippen LogP contribution in [0.1, 0.15) is 37.7 Å². The number of hydrogen-bond donors (Lipinski definition) is 0. The normalized spacial score (nSPS) is 23.7. The summed E-state index contributed by atoms with van der Waals surface area (Å²) in [5.41, 5.74) is 2.78. The van der Waals surface area contributed by atoms with Gasteiger partial charge < -0.3 is 0 Å². The molecule has 0 N–H and O–H groups in total. The summed E-state index contributed by atoms with van der Waals surface area (Å²) >= 11 is 3.98. The molecule has 2 fully saturated rings. The van der Waals surface area contributed by atoms with Gasteiger partial charge in [0, 0.05) is 17.1 Å². The van der Waals surface area contributed by atoms with E-state index >= 15 is 0 Å². The van der Waals surface area contributed by atoms with Crippen molar-refractivity contribution in [1.82, 2.24) is 0 Å². The van der Waals surface area contributed by atoms with E-state index in [9.17, 15) is 4.79 Å². The van der Waals surface area contributed by atoms with E-state index in [1.807, 2.05) is 23.5 Å². The Labute approximate surface area is 129 Å². The lowest BCUT2D eigenvalue weighted by Crippen LogP contribution is -2.17. The Balaban J connectivity index is 1.97. The first-order chi connectivity index (χ1) is 9.84. The van der Waals surface area contributed by atoms with Crippen LogP contribution in [-0.4, -0.2) is 17.3 Å². The third-order valence-corrected chi connectivity index (χ3v) is 6.61. The maximum absolute atomic E-state index is 11.9. The van der Waals surface area contributed by atoms with E-state index in [1.54, 1.807) is 0 Å². The Bertz CT molecular complexity index is 499. The number of allylic oxidation sites excluding steroid dienone is 1. The van der Waals surface area contributed by atoms with Gasteiger partial charge in [0.05, 0.1) is 0 Å². The second kappa shape index (κ2) is 6.86. The lowest BCUT2D eigenvalue weighted by Gasteiger charge is -2.28. The molecule has 0 spiro atoms. The average Bonchev–Trinajstić information content (AvgIpc) is 2.50. The lowest BCUT2D eigenvalue weighted by molar-refractivity contribution is -0.120. The number of benzene rings is 1. The number of Topliss-reactive ketones (excluding diaryl/α,β-unsaturated/α-hetero) is 1. The second-order valence-electron chi connectivity index (χ2n) is 5.45. The molecule has 3 heteroatoms. The van der Waals surface area contributed by atoms with E-state index in [0.29, 0.717) is 11.7 Å². The molecule has 20 heavy (non-hydrogen) atoms. The fourth-order valence-electron chi connectivity index (χ4n) is 2.99. The molecular weight excluding hydrogens is 284 g/mol. The highest BCUT2D eigenvalue weighted by atomic mass is 32.2. The summed E-state index contributed by atoms with van der Waals surface area (Å²) < 4.78 is 1.47. The standard InChI is InChI=1S/C17H20OS2/c18-15-9-4-8-14(12-15)16(13-6-2-1-3-7-13)17-19-10-5-11-20-17/h1-3,6-7,14H,4-5,8-12H2. The predicted molar refractivity (Wildman–Crippen MR) is 89.9 cm³/mol. The van der Waals surface area contributed by atoms with Crippen molar-refractivity contribution >= 4 is 34.9 Å². The molecular formula is C17H20OS2. The molecule has 1 aliphatic heterocycles. The number of carbonyl (C=O) groups is 1. The van der Waals surface area contributed by atoms with Crippen molar-refractivity contribution in [2.75, 3.05) is 11.5 Å². The van der Waals surface area contributed by atoms with Crippen molar-refractivity contribution < 1.29 is 4.79 Å². The number of carbonyl (C=O) groups excluding carboxylic acids is 1. The van der Waals surface area contributed by atoms with Crippen LogP contribution in [0.3, 0.4) is 0 Å². The van der Waals surface area contributed by atoms with E-state index in [4.69, 9.17) is 0 Å². The van der Waals surface area contributed by atoms with Gasteiger partial charge in [0.1, 0.15) is 5.78 Å². The molecule has 1 aromatic rings. The molecule has 1 aliphatic carbocycles. The molecule has 0 aromatic heterocycles. The van der Waals surface area contributed by atoms with Crippen molar-refractivity contribution in [3.8, 4) is 0 Å². The Morgan fingerprint density at radius 1 is 1.05 bits per heavy atom. The molecule has 1 saturated heterocycles. The zero-order valence-corrected chi connectivity index (χ0v) is 13.3. The SMILES string of the molecule is O=C1CCCC(C(=C2SCCCS2)c2ccccc2)C1. The molecule has 1 nitrogen and oxygen atoms in total. The third-order valence-electron chi connectivity index (χ3n) is 3.95. The van der Waals surface area contributed by atoms with Crippen LogP contribution in [0, 0.1) is 5.92 Å². The minimum atomic E-state index is 0.437. The Kier molecular flexibility index (Phi) is 4.90. The molecule has 1 atom stereocenters. The third kappa shape index (κ3) is 3.32. The highest BCUT2D eigenvalue weighted by molar-refractivity contribution is 8.23. The van der Waals surface area contributed by atoms with Gasteiger partial charge in [0.2, 0.25) is 0 Å². The largest absolute Gasteiger partial charge is 0.300 e. The van der Waals surface area contributed by atoms with Crippen LogP contribution in [0.25, 0.3) is 5.57 Å². The van der Waals surface area contributed by atoms with Crippen molar-refractivity contribution in [1.29, 1.82) is 0 Å². The van der Waals surface area contributed by atoms with Crippen molar-refractivity contribution in [2.45, 2.75) is 32.1 Å². The van der Waals surface area contributed by atoms with Gasteiger partial charge in [0.25, 0.3) is 0 Å². The maximum Gasteiger partial charge on any atom is 0.133 e. The van der Waals surface area contributed by atoms with Crippen molar-refractivity contribution in [3.05, 3.63) is 40.1 Å². The van der Waals surface area contributed by atoms with Gasteiger partial charge >= 0.3 is 0 Å². The average molecular weight is 304 g/mol. The Morgan fingerprint density at radius 3 is 2.50 bits per heavy atom. The van der Waals surface area contributed by atoms with Crippen LogP contribution in [0.2, 0.25) is 0 Å². The van der Waals surface area contributed by atoms with Gasteiger partial charge in [-0.1, -0.05) is 30.3 Å². The summed E-state index contributed by atoms with van der Waals surface area (Å²) in [6.07, 6.45) is 5.05.